The number of benzene rings is 3. The molecule has 0 N–H and O–H groups in total. The topological polar surface area (TPSA) is 137 Å². The van der Waals surface area contributed by atoms with Crippen LogP contribution in [0.25, 0.3) is 33.5 Å². The molecule has 0 saturated heterocycles. The number of hydrogen-bond acceptors (Lipinski definition) is 8. The van der Waals surface area contributed by atoms with E-state index in [9.17, 15) is 14.9 Å². The molecule has 0 saturated carbocycles. The molecule has 5 aromatic rings. The van der Waals surface area contributed by atoms with Crippen LogP contribution in [-0.4, -0.2) is 27.4 Å². The van der Waals surface area contributed by atoms with Crippen LogP contribution in [0.2, 0.25) is 5.02 Å². The Labute approximate surface area is 221 Å². The Kier molecular flexibility index (Phi) is 6.43. The minimum absolute atomic E-state index is 0.0881. The fraction of sp³-hybridized carbons (Fsp3) is 0.0400. The number of nitriles is 1. The smallest absolute Gasteiger partial charge is 0.312 e. The van der Waals surface area contributed by atoms with Gasteiger partial charge in [-0.05, 0) is 58.4 Å². The van der Waals surface area contributed by atoms with Crippen LogP contribution in [0.3, 0.4) is 0 Å². The van der Waals surface area contributed by atoms with Gasteiger partial charge in [-0.2, -0.15) is 15.0 Å². The van der Waals surface area contributed by atoms with Gasteiger partial charge in [0.15, 0.2) is 12.4 Å². The minimum Gasteiger partial charge on any atom is -0.471 e. The van der Waals surface area contributed by atoms with Gasteiger partial charge < -0.3 is 9.15 Å². The highest BCUT2D eigenvalue weighted by atomic mass is 79.9. The molecule has 2 aromatic heterocycles. The minimum atomic E-state index is -0.635. The first-order chi connectivity index (χ1) is 17.9. The maximum atomic E-state index is 13.4. The van der Waals surface area contributed by atoms with Crippen LogP contribution < -0.4 is 10.3 Å². The quantitative estimate of drug-likeness (QED) is 0.139. The molecular weight excluding hydrogens is 566 g/mol. The monoisotopic (exact) mass is 577 g/mol. The number of hydrogen-bond donors (Lipinski definition) is 0. The third-order valence-electron chi connectivity index (χ3n) is 5.30. The third-order valence-corrected chi connectivity index (χ3v) is 6.12. The molecule has 5 rings (SSSR count). The molecule has 0 spiro atoms. The summed E-state index contributed by atoms with van der Waals surface area (Å²) in [4.78, 5) is 29.0. The van der Waals surface area contributed by atoms with Crippen molar-refractivity contribution in [1.82, 2.24) is 9.66 Å². The number of nitro groups is 1. The second-order valence-corrected chi connectivity index (χ2v) is 8.95. The van der Waals surface area contributed by atoms with Crippen LogP contribution in [0.5, 0.6) is 5.75 Å². The normalized spacial score (nSPS) is 11.3. The Bertz CT molecular complexity index is 1840. The van der Waals surface area contributed by atoms with Crippen molar-refractivity contribution in [1.29, 1.82) is 5.26 Å². The first kappa shape index (κ1) is 24.2. The summed E-state index contributed by atoms with van der Waals surface area (Å²) >= 11 is 9.34. The van der Waals surface area contributed by atoms with Crippen LogP contribution in [0.15, 0.2) is 79.4 Å². The summed E-state index contributed by atoms with van der Waals surface area (Å²) in [5.41, 5.74) is 0.460. The molecule has 0 amide bonds. The van der Waals surface area contributed by atoms with Gasteiger partial charge in [-0.1, -0.05) is 23.7 Å². The number of fused-ring (bicyclic) bond motifs is 2. The van der Waals surface area contributed by atoms with E-state index in [4.69, 9.17) is 26.0 Å². The van der Waals surface area contributed by atoms with Crippen molar-refractivity contribution in [2.45, 2.75) is 0 Å². The largest absolute Gasteiger partial charge is 0.471 e. The molecule has 0 aliphatic rings. The number of nitrogens with zero attached hydrogens (tertiary/aromatic N) is 5. The van der Waals surface area contributed by atoms with Gasteiger partial charge in [0.05, 0.1) is 26.5 Å². The number of nitro benzene ring substituents is 1. The highest BCUT2D eigenvalue weighted by molar-refractivity contribution is 9.10. The van der Waals surface area contributed by atoms with Crippen LogP contribution in [0, 0.1) is 21.4 Å². The molecule has 0 atom stereocenters. The van der Waals surface area contributed by atoms with Gasteiger partial charge in [0.2, 0.25) is 11.6 Å². The number of rotatable bonds is 6. The van der Waals surface area contributed by atoms with Crippen molar-refractivity contribution in [3.05, 3.63) is 96.2 Å². The van der Waals surface area contributed by atoms with Crippen molar-refractivity contribution in [2.75, 3.05) is 6.61 Å². The first-order valence-corrected chi connectivity index (χ1v) is 11.8. The van der Waals surface area contributed by atoms with Gasteiger partial charge in [-0.3, -0.25) is 14.9 Å². The molecule has 0 bridgehead atoms. The van der Waals surface area contributed by atoms with Crippen molar-refractivity contribution >= 4 is 61.3 Å². The van der Waals surface area contributed by atoms with E-state index in [0.29, 0.717) is 32.5 Å². The van der Waals surface area contributed by atoms with Gasteiger partial charge in [-0.15, -0.1) is 0 Å². The lowest BCUT2D eigenvalue weighted by molar-refractivity contribution is -0.385. The summed E-state index contributed by atoms with van der Waals surface area (Å²) < 4.78 is 12.4. The summed E-state index contributed by atoms with van der Waals surface area (Å²) in [6.45, 7) is -0.364. The van der Waals surface area contributed by atoms with Crippen LogP contribution >= 0.6 is 27.5 Å². The molecule has 0 fully saturated rings. The molecule has 37 heavy (non-hydrogen) atoms. The SMILES string of the molecule is N#CCOc1c(Br)cc(C=Nn2c(-c3cc4cc(Cl)ccc4o3)nc3ccccc3c2=O)cc1[N+](=O)[O-]. The summed E-state index contributed by atoms with van der Waals surface area (Å²) in [5.74, 6) is 0.328. The Morgan fingerprint density at radius 2 is 2.05 bits per heavy atom. The van der Waals surface area contributed by atoms with E-state index in [1.54, 1.807) is 54.6 Å². The van der Waals surface area contributed by atoms with Crippen LogP contribution in [0.4, 0.5) is 5.69 Å². The maximum absolute atomic E-state index is 13.4. The highest BCUT2D eigenvalue weighted by Crippen LogP contribution is 2.36. The van der Waals surface area contributed by atoms with Crippen LogP contribution in [0.1, 0.15) is 5.56 Å². The van der Waals surface area contributed by atoms with E-state index in [0.717, 1.165) is 4.68 Å². The van der Waals surface area contributed by atoms with E-state index in [-0.39, 0.29) is 34.1 Å². The van der Waals surface area contributed by atoms with E-state index < -0.39 is 10.5 Å². The summed E-state index contributed by atoms with van der Waals surface area (Å²) in [7, 11) is 0. The Hall–Kier alpha value is -4.53. The van der Waals surface area contributed by atoms with Crippen molar-refractivity contribution in [2.24, 2.45) is 5.10 Å². The fourth-order valence-electron chi connectivity index (χ4n) is 3.70. The summed E-state index contributed by atoms with van der Waals surface area (Å²) in [6, 6.07) is 18.1. The van der Waals surface area contributed by atoms with Crippen molar-refractivity contribution < 1.29 is 14.1 Å². The lowest BCUT2D eigenvalue weighted by atomic mass is 10.2. The standard InChI is InChI=1S/C25H13BrClN5O5/c26-18-9-14(10-20(32(34)35)23(18)36-8-7-28)13-29-31-24(30-19-4-2-1-3-17(19)25(31)33)22-12-15-11-16(27)5-6-21(15)37-22/h1-6,9-13H,8H2. The van der Waals surface area contributed by atoms with E-state index in [1.807, 2.05) is 0 Å². The number of halogens is 2. The summed E-state index contributed by atoms with van der Waals surface area (Å²) in [6.07, 6.45) is 1.28. The lowest BCUT2D eigenvalue weighted by Crippen LogP contribution is -2.20. The number of furan rings is 1. The zero-order chi connectivity index (χ0) is 26.1. The molecule has 0 aliphatic carbocycles. The lowest BCUT2D eigenvalue weighted by Gasteiger charge is -2.08. The van der Waals surface area contributed by atoms with Crippen molar-refractivity contribution in [3.8, 4) is 23.4 Å². The first-order valence-electron chi connectivity index (χ1n) is 10.6. The second kappa shape index (κ2) is 9.85. The molecule has 10 nitrogen and oxygen atoms in total. The zero-order valence-corrected chi connectivity index (χ0v) is 20.9. The van der Waals surface area contributed by atoms with Crippen LogP contribution in [-0.2, 0) is 0 Å². The number of ether oxygens (including phenoxy) is 1. The molecule has 0 radical (unpaired) electrons. The van der Waals surface area contributed by atoms with Gasteiger partial charge in [0.1, 0.15) is 11.7 Å². The average molecular weight is 579 g/mol. The molecular formula is C25H13BrClN5O5. The van der Waals surface area contributed by atoms with E-state index >= 15 is 0 Å². The Balaban J connectivity index is 1.67. The maximum Gasteiger partial charge on any atom is 0.312 e. The zero-order valence-electron chi connectivity index (χ0n) is 18.6. The average Bonchev–Trinajstić information content (AvgIpc) is 3.30. The second-order valence-electron chi connectivity index (χ2n) is 7.66. The predicted molar refractivity (Wildman–Crippen MR) is 141 cm³/mol. The Morgan fingerprint density at radius 1 is 1.24 bits per heavy atom. The molecule has 0 aliphatic heterocycles. The van der Waals surface area contributed by atoms with Gasteiger partial charge >= 0.3 is 5.69 Å². The third kappa shape index (κ3) is 4.67. The summed E-state index contributed by atoms with van der Waals surface area (Å²) in [5, 5.41) is 26.2. The van der Waals surface area contributed by atoms with Gasteiger partial charge in [-0.25, -0.2) is 4.98 Å². The molecule has 0 unspecified atom stereocenters. The predicted octanol–water partition coefficient (Wildman–Crippen LogP) is 5.92. The highest BCUT2D eigenvalue weighted by Gasteiger charge is 2.21. The molecule has 2 heterocycles. The number of para-hydroxylation sites is 1. The molecule has 12 heteroatoms. The Morgan fingerprint density at radius 3 is 2.84 bits per heavy atom. The van der Waals surface area contributed by atoms with Gasteiger partial charge in [0.25, 0.3) is 5.56 Å². The number of aromatic nitrogens is 2. The van der Waals surface area contributed by atoms with Crippen molar-refractivity contribution in [3.63, 3.8) is 0 Å². The molecule has 3 aromatic carbocycles. The van der Waals surface area contributed by atoms with E-state index in [1.165, 1.54) is 18.3 Å². The van der Waals surface area contributed by atoms with E-state index in [2.05, 4.69) is 26.0 Å². The fourth-order valence-corrected chi connectivity index (χ4v) is 4.46. The molecule has 182 valence electrons. The van der Waals surface area contributed by atoms with Gasteiger partial charge in [0, 0.05) is 22.0 Å².